The summed E-state index contributed by atoms with van der Waals surface area (Å²) in [4.78, 5) is 11.0. The Hall–Kier alpha value is -2.53. The second-order valence-corrected chi connectivity index (χ2v) is 4.78. The number of nitrogens with one attached hydrogen (secondary N) is 1. The van der Waals surface area contributed by atoms with Gasteiger partial charge in [0.15, 0.2) is 0 Å². The summed E-state index contributed by atoms with van der Waals surface area (Å²) >= 11 is 5.80. The molecule has 0 bridgehead atoms. The highest BCUT2D eigenvalue weighted by atomic mass is 35.5. The molecule has 0 heterocycles. The molecule has 114 valence electrons. The number of carboxylic acids is 1. The molecule has 0 saturated heterocycles. The van der Waals surface area contributed by atoms with Crippen molar-refractivity contribution in [2.75, 3.05) is 12.0 Å². The third-order valence-corrected chi connectivity index (χ3v) is 3.12. The first-order valence-electron chi connectivity index (χ1n) is 6.65. The number of carboxylic acid groups (broad SMARTS) is 1. The van der Waals surface area contributed by atoms with Crippen molar-refractivity contribution in [3.8, 4) is 5.75 Å². The minimum absolute atomic E-state index is 0.0305. The van der Waals surface area contributed by atoms with Crippen LogP contribution in [0.2, 0.25) is 5.02 Å². The molecular formula is C16H15ClN2O3. The highest BCUT2D eigenvalue weighted by Crippen LogP contribution is 2.20. The highest BCUT2D eigenvalue weighted by Gasteiger charge is 2.08. The largest absolute Gasteiger partial charge is 0.494 e. The minimum atomic E-state index is -1.08. The van der Waals surface area contributed by atoms with E-state index < -0.39 is 5.97 Å². The van der Waals surface area contributed by atoms with E-state index in [4.69, 9.17) is 21.4 Å². The molecule has 0 aliphatic rings. The van der Waals surface area contributed by atoms with Crippen LogP contribution in [0, 0.1) is 0 Å². The van der Waals surface area contributed by atoms with Crippen LogP contribution in [-0.4, -0.2) is 23.9 Å². The molecule has 0 saturated carbocycles. The molecule has 2 aromatic carbocycles. The number of hydrazone groups is 1. The molecule has 2 rings (SSSR count). The Kier molecular flexibility index (Phi) is 5.38. The van der Waals surface area contributed by atoms with E-state index in [-0.39, 0.29) is 10.6 Å². The van der Waals surface area contributed by atoms with Gasteiger partial charge in [-0.2, -0.15) is 5.10 Å². The molecule has 0 fully saturated rings. The molecule has 5 nitrogen and oxygen atoms in total. The lowest BCUT2D eigenvalue weighted by Gasteiger charge is -2.04. The van der Waals surface area contributed by atoms with E-state index in [0.29, 0.717) is 12.3 Å². The molecule has 2 aromatic rings. The predicted octanol–water partition coefficient (Wildman–Crippen LogP) is 3.88. The quantitative estimate of drug-likeness (QED) is 0.626. The maximum atomic E-state index is 11.0. The van der Waals surface area contributed by atoms with E-state index in [2.05, 4.69) is 10.5 Å². The summed E-state index contributed by atoms with van der Waals surface area (Å²) in [5.74, 6) is -0.277. The smallest absolute Gasteiger partial charge is 0.337 e. The third-order valence-electron chi connectivity index (χ3n) is 2.80. The Morgan fingerprint density at radius 2 is 2.05 bits per heavy atom. The summed E-state index contributed by atoms with van der Waals surface area (Å²) in [6.45, 7) is 2.55. The van der Waals surface area contributed by atoms with Crippen LogP contribution < -0.4 is 10.2 Å². The summed E-state index contributed by atoms with van der Waals surface area (Å²) in [7, 11) is 0. The third kappa shape index (κ3) is 4.23. The van der Waals surface area contributed by atoms with Crippen LogP contribution in [0.3, 0.4) is 0 Å². The lowest BCUT2D eigenvalue weighted by atomic mass is 10.2. The van der Waals surface area contributed by atoms with Crippen LogP contribution in [0.5, 0.6) is 5.75 Å². The van der Waals surface area contributed by atoms with Gasteiger partial charge in [-0.1, -0.05) is 11.6 Å². The van der Waals surface area contributed by atoms with Crippen molar-refractivity contribution in [1.29, 1.82) is 0 Å². The zero-order valence-corrected chi connectivity index (χ0v) is 12.7. The molecule has 0 aromatic heterocycles. The fourth-order valence-corrected chi connectivity index (χ4v) is 1.96. The van der Waals surface area contributed by atoms with Gasteiger partial charge in [-0.3, -0.25) is 5.43 Å². The number of hydrogen-bond acceptors (Lipinski definition) is 4. The van der Waals surface area contributed by atoms with Crippen molar-refractivity contribution in [2.24, 2.45) is 5.10 Å². The van der Waals surface area contributed by atoms with Crippen LogP contribution in [0.1, 0.15) is 22.8 Å². The molecule has 0 atom stereocenters. The Morgan fingerprint density at radius 1 is 1.32 bits per heavy atom. The lowest BCUT2D eigenvalue weighted by Crippen LogP contribution is -1.99. The number of nitrogens with zero attached hydrogens (tertiary/aromatic N) is 1. The average molecular weight is 319 g/mol. The number of carbonyl (C=O) groups is 1. The van der Waals surface area contributed by atoms with Crippen molar-refractivity contribution in [3.05, 3.63) is 58.6 Å². The van der Waals surface area contributed by atoms with Crippen molar-refractivity contribution in [2.45, 2.75) is 6.92 Å². The molecule has 0 unspecified atom stereocenters. The Balaban J connectivity index is 2.03. The van der Waals surface area contributed by atoms with Crippen LogP contribution >= 0.6 is 11.6 Å². The van der Waals surface area contributed by atoms with E-state index in [1.54, 1.807) is 12.3 Å². The van der Waals surface area contributed by atoms with Gasteiger partial charge in [0.2, 0.25) is 0 Å². The van der Waals surface area contributed by atoms with Crippen LogP contribution in [0.4, 0.5) is 5.69 Å². The standard InChI is InChI=1S/C16H15ClN2O3/c1-2-22-13-6-3-11(4-7-13)10-18-19-12-5-8-15(17)14(9-12)16(20)21/h3-10,19H,2H2,1H3,(H,20,21). The van der Waals surface area contributed by atoms with Gasteiger partial charge in [0.1, 0.15) is 5.75 Å². The summed E-state index contributed by atoms with van der Waals surface area (Å²) < 4.78 is 5.35. The van der Waals surface area contributed by atoms with Gasteiger partial charge in [0, 0.05) is 0 Å². The number of ether oxygens (including phenoxy) is 1. The fourth-order valence-electron chi connectivity index (χ4n) is 1.76. The molecule has 0 radical (unpaired) electrons. The fraction of sp³-hybridized carbons (Fsp3) is 0.125. The van der Waals surface area contributed by atoms with Gasteiger partial charge < -0.3 is 9.84 Å². The summed E-state index contributed by atoms with van der Waals surface area (Å²) in [5.41, 5.74) is 4.24. The van der Waals surface area contributed by atoms with Crippen molar-refractivity contribution in [3.63, 3.8) is 0 Å². The van der Waals surface area contributed by atoms with Crippen LogP contribution in [0.15, 0.2) is 47.6 Å². The number of halogens is 1. The summed E-state index contributed by atoms with van der Waals surface area (Å²) in [6, 6.07) is 12.1. The monoisotopic (exact) mass is 318 g/mol. The van der Waals surface area contributed by atoms with E-state index in [1.807, 2.05) is 31.2 Å². The highest BCUT2D eigenvalue weighted by molar-refractivity contribution is 6.33. The van der Waals surface area contributed by atoms with Crippen LogP contribution in [0.25, 0.3) is 0 Å². The lowest BCUT2D eigenvalue weighted by molar-refractivity contribution is 0.0697. The van der Waals surface area contributed by atoms with Crippen molar-refractivity contribution in [1.82, 2.24) is 0 Å². The van der Waals surface area contributed by atoms with Gasteiger partial charge >= 0.3 is 5.97 Å². The number of anilines is 1. The summed E-state index contributed by atoms with van der Waals surface area (Å²) in [6.07, 6.45) is 1.63. The molecule has 2 N–H and O–H groups in total. The first kappa shape index (κ1) is 15.9. The van der Waals surface area contributed by atoms with Gasteiger partial charge in [0.25, 0.3) is 0 Å². The van der Waals surface area contributed by atoms with Gasteiger partial charge in [-0.15, -0.1) is 0 Å². The summed E-state index contributed by atoms with van der Waals surface area (Å²) in [5, 5.41) is 13.3. The second-order valence-electron chi connectivity index (χ2n) is 4.37. The van der Waals surface area contributed by atoms with E-state index >= 15 is 0 Å². The normalized spacial score (nSPS) is 10.6. The number of rotatable bonds is 6. The zero-order chi connectivity index (χ0) is 15.9. The molecule has 22 heavy (non-hydrogen) atoms. The maximum absolute atomic E-state index is 11.0. The SMILES string of the molecule is CCOc1ccc(C=NNc2ccc(Cl)c(C(=O)O)c2)cc1. The van der Waals surface area contributed by atoms with E-state index in [0.717, 1.165) is 11.3 Å². The van der Waals surface area contributed by atoms with Gasteiger partial charge in [-0.25, -0.2) is 4.79 Å². The molecule has 0 amide bonds. The van der Waals surface area contributed by atoms with Crippen molar-refractivity contribution < 1.29 is 14.6 Å². The number of aromatic carboxylic acids is 1. The van der Waals surface area contributed by atoms with Crippen LogP contribution in [-0.2, 0) is 0 Å². The van der Waals surface area contributed by atoms with E-state index in [9.17, 15) is 4.79 Å². The molecule has 6 heteroatoms. The Bertz CT molecular complexity index is 684. The second kappa shape index (κ2) is 7.47. The number of benzene rings is 2. The average Bonchev–Trinajstić information content (AvgIpc) is 2.51. The van der Waals surface area contributed by atoms with Gasteiger partial charge in [0.05, 0.1) is 29.1 Å². The first-order chi connectivity index (χ1) is 10.6. The molecule has 0 aliphatic heterocycles. The zero-order valence-electron chi connectivity index (χ0n) is 11.9. The topological polar surface area (TPSA) is 70.9 Å². The molecule has 0 spiro atoms. The Morgan fingerprint density at radius 3 is 2.68 bits per heavy atom. The maximum Gasteiger partial charge on any atom is 0.337 e. The van der Waals surface area contributed by atoms with E-state index in [1.165, 1.54) is 12.1 Å². The van der Waals surface area contributed by atoms with Gasteiger partial charge in [-0.05, 0) is 55.0 Å². The first-order valence-corrected chi connectivity index (χ1v) is 7.02. The van der Waals surface area contributed by atoms with Crippen molar-refractivity contribution >= 4 is 29.5 Å². The molecular weight excluding hydrogens is 304 g/mol. The minimum Gasteiger partial charge on any atom is -0.494 e. The molecule has 0 aliphatic carbocycles. The Labute approximate surface area is 133 Å². The predicted molar refractivity (Wildman–Crippen MR) is 87.2 cm³/mol. The number of hydrogen-bond donors (Lipinski definition) is 2.